The van der Waals surface area contributed by atoms with Gasteiger partial charge in [0.05, 0.1) is 0 Å². The quantitative estimate of drug-likeness (QED) is 0.799. The number of nitrogens with two attached hydrogens (primary N) is 1. The number of nitrogen functional groups attached to an aromatic ring is 1. The number of pyridine rings is 1. The van der Waals surface area contributed by atoms with Gasteiger partial charge in [0.2, 0.25) is 0 Å². The van der Waals surface area contributed by atoms with Crippen molar-refractivity contribution < 1.29 is 5.11 Å². The summed E-state index contributed by atoms with van der Waals surface area (Å²) in [6.45, 7) is 0. The third-order valence-corrected chi connectivity index (χ3v) is 3.14. The zero-order valence-corrected chi connectivity index (χ0v) is 9.45. The smallest absolute Gasteiger partial charge is 0.123 e. The Labute approximate surface area is 98.3 Å². The normalized spacial score (nSPS) is 10.2. The van der Waals surface area contributed by atoms with Crippen LogP contribution in [0.4, 0.5) is 5.82 Å². The summed E-state index contributed by atoms with van der Waals surface area (Å²) in [5.41, 5.74) is 6.62. The number of hydrogen-bond donors (Lipinski definition) is 2. The fraction of sp³-hybridized carbons (Fsp3) is 0.0833. The summed E-state index contributed by atoms with van der Waals surface area (Å²) in [5, 5.41) is 9.30. The highest BCUT2D eigenvalue weighted by atomic mass is 32.2. The molecule has 2 rings (SSSR count). The third kappa shape index (κ3) is 2.90. The Kier molecular flexibility index (Phi) is 3.31. The van der Waals surface area contributed by atoms with Crippen LogP contribution in [0.3, 0.4) is 0 Å². The molecule has 0 aliphatic carbocycles. The molecule has 0 saturated heterocycles. The van der Waals surface area contributed by atoms with Gasteiger partial charge in [-0.3, -0.25) is 0 Å². The van der Waals surface area contributed by atoms with E-state index in [9.17, 15) is 5.11 Å². The van der Waals surface area contributed by atoms with Crippen LogP contribution in [0.15, 0.2) is 47.5 Å². The maximum atomic E-state index is 9.30. The fourth-order valence-corrected chi connectivity index (χ4v) is 2.14. The molecular weight excluding hydrogens is 220 g/mol. The molecule has 0 saturated carbocycles. The van der Waals surface area contributed by atoms with Crippen molar-refractivity contribution in [3.05, 3.63) is 48.2 Å². The number of benzene rings is 1. The Balaban J connectivity index is 1.99. The zero-order chi connectivity index (χ0) is 11.4. The van der Waals surface area contributed by atoms with Crippen molar-refractivity contribution in [3.63, 3.8) is 0 Å². The van der Waals surface area contributed by atoms with E-state index in [-0.39, 0.29) is 0 Å². The van der Waals surface area contributed by atoms with Crippen molar-refractivity contribution in [3.8, 4) is 5.75 Å². The van der Waals surface area contributed by atoms with Crippen molar-refractivity contribution in [2.24, 2.45) is 0 Å². The number of hydrogen-bond acceptors (Lipinski definition) is 4. The predicted molar refractivity (Wildman–Crippen MR) is 66.3 cm³/mol. The van der Waals surface area contributed by atoms with Crippen molar-refractivity contribution in [1.29, 1.82) is 0 Å². The maximum absolute atomic E-state index is 9.30. The monoisotopic (exact) mass is 232 g/mol. The number of phenols is 1. The van der Waals surface area contributed by atoms with Crippen molar-refractivity contribution in [2.45, 2.75) is 10.6 Å². The predicted octanol–water partition coefficient (Wildman–Crippen LogP) is 2.66. The van der Waals surface area contributed by atoms with E-state index in [4.69, 9.17) is 5.73 Å². The molecule has 16 heavy (non-hydrogen) atoms. The Hall–Kier alpha value is -1.68. The molecule has 0 atom stereocenters. The van der Waals surface area contributed by atoms with Crippen LogP contribution in [-0.2, 0) is 5.75 Å². The molecule has 82 valence electrons. The highest BCUT2D eigenvalue weighted by Crippen LogP contribution is 2.25. The van der Waals surface area contributed by atoms with E-state index in [0.717, 1.165) is 16.2 Å². The zero-order valence-electron chi connectivity index (χ0n) is 8.63. The minimum atomic E-state index is 0.292. The van der Waals surface area contributed by atoms with Gasteiger partial charge in [0.1, 0.15) is 11.6 Å². The minimum Gasteiger partial charge on any atom is -0.508 e. The molecule has 3 nitrogen and oxygen atoms in total. The van der Waals surface area contributed by atoms with Crippen molar-refractivity contribution in [2.75, 3.05) is 5.73 Å². The standard InChI is InChI=1S/C12H12N2OS/c13-12-5-4-9(7-14-12)8-16-11-3-1-2-10(15)6-11/h1-7,15H,8H2,(H2,13,14). The number of phenolic OH excluding ortho intramolecular Hbond substituents is 1. The second kappa shape index (κ2) is 4.90. The molecule has 4 heteroatoms. The lowest BCUT2D eigenvalue weighted by Crippen LogP contribution is -1.90. The average Bonchev–Trinajstić information content (AvgIpc) is 2.28. The molecule has 1 aromatic heterocycles. The van der Waals surface area contributed by atoms with E-state index in [0.29, 0.717) is 11.6 Å². The van der Waals surface area contributed by atoms with Crippen LogP contribution >= 0.6 is 11.8 Å². The summed E-state index contributed by atoms with van der Waals surface area (Å²) in [5.74, 6) is 1.64. The molecule has 3 N–H and O–H groups in total. The van der Waals surface area contributed by atoms with Crippen LogP contribution in [-0.4, -0.2) is 10.1 Å². The SMILES string of the molecule is Nc1ccc(CSc2cccc(O)c2)cn1. The van der Waals surface area contributed by atoms with E-state index in [1.54, 1.807) is 36.2 Å². The molecule has 1 aromatic carbocycles. The van der Waals surface area contributed by atoms with Gasteiger partial charge in [0.25, 0.3) is 0 Å². The molecule has 0 amide bonds. The topological polar surface area (TPSA) is 59.1 Å². The highest BCUT2D eigenvalue weighted by Gasteiger charge is 1.98. The van der Waals surface area contributed by atoms with Gasteiger partial charge in [0.15, 0.2) is 0 Å². The summed E-state index contributed by atoms with van der Waals surface area (Å²) in [7, 11) is 0. The number of thioether (sulfide) groups is 1. The molecule has 0 spiro atoms. The number of anilines is 1. The summed E-state index contributed by atoms with van der Waals surface area (Å²) < 4.78 is 0. The van der Waals surface area contributed by atoms with Gasteiger partial charge < -0.3 is 10.8 Å². The largest absolute Gasteiger partial charge is 0.508 e. The maximum Gasteiger partial charge on any atom is 0.123 e. The molecule has 1 heterocycles. The van der Waals surface area contributed by atoms with Crippen molar-refractivity contribution in [1.82, 2.24) is 4.98 Å². The van der Waals surface area contributed by atoms with E-state index in [1.807, 2.05) is 18.2 Å². The molecule has 0 aliphatic heterocycles. The van der Waals surface area contributed by atoms with Gasteiger partial charge in [-0.2, -0.15) is 0 Å². The van der Waals surface area contributed by atoms with Gasteiger partial charge in [-0.25, -0.2) is 4.98 Å². The van der Waals surface area contributed by atoms with Crippen LogP contribution in [0, 0.1) is 0 Å². The van der Waals surface area contributed by atoms with Gasteiger partial charge in [0, 0.05) is 16.8 Å². The van der Waals surface area contributed by atoms with Gasteiger partial charge in [-0.1, -0.05) is 12.1 Å². The fourth-order valence-electron chi connectivity index (χ4n) is 1.26. The lowest BCUT2D eigenvalue weighted by atomic mass is 10.3. The number of aromatic nitrogens is 1. The van der Waals surface area contributed by atoms with Crippen LogP contribution in [0.1, 0.15) is 5.56 Å². The van der Waals surface area contributed by atoms with Crippen LogP contribution in [0.25, 0.3) is 0 Å². The van der Waals surface area contributed by atoms with Crippen LogP contribution < -0.4 is 5.73 Å². The van der Waals surface area contributed by atoms with Gasteiger partial charge in [-0.05, 0) is 29.8 Å². The molecule has 0 bridgehead atoms. The third-order valence-electron chi connectivity index (χ3n) is 2.07. The average molecular weight is 232 g/mol. The summed E-state index contributed by atoms with van der Waals surface area (Å²) in [4.78, 5) is 5.06. The molecule has 0 aliphatic rings. The molecular formula is C12H12N2OS. The van der Waals surface area contributed by atoms with E-state index in [2.05, 4.69) is 4.98 Å². The van der Waals surface area contributed by atoms with E-state index < -0.39 is 0 Å². The molecule has 2 aromatic rings. The Bertz CT molecular complexity index is 471. The van der Waals surface area contributed by atoms with Crippen LogP contribution in [0.5, 0.6) is 5.75 Å². The van der Waals surface area contributed by atoms with E-state index >= 15 is 0 Å². The summed E-state index contributed by atoms with van der Waals surface area (Å²) in [6, 6.07) is 11.0. The highest BCUT2D eigenvalue weighted by molar-refractivity contribution is 7.98. The first-order valence-corrected chi connectivity index (χ1v) is 5.85. The summed E-state index contributed by atoms with van der Waals surface area (Å²) in [6.07, 6.45) is 1.77. The second-order valence-corrected chi connectivity index (χ2v) is 4.43. The first-order valence-electron chi connectivity index (χ1n) is 4.86. The van der Waals surface area contributed by atoms with Gasteiger partial charge >= 0.3 is 0 Å². The number of nitrogens with zero attached hydrogens (tertiary/aromatic N) is 1. The Morgan fingerprint density at radius 2 is 2.12 bits per heavy atom. The second-order valence-electron chi connectivity index (χ2n) is 3.38. The lowest BCUT2D eigenvalue weighted by molar-refractivity contribution is 0.474. The number of aromatic hydroxyl groups is 1. The molecule has 0 radical (unpaired) electrons. The Morgan fingerprint density at radius 3 is 2.81 bits per heavy atom. The Morgan fingerprint density at radius 1 is 1.25 bits per heavy atom. The van der Waals surface area contributed by atoms with Crippen LogP contribution in [0.2, 0.25) is 0 Å². The first kappa shape index (κ1) is 10.8. The number of rotatable bonds is 3. The van der Waals surface area contributed by atoms with Crippen molar-refractivity contribution >= 4 is 17.6 Å². The minimum absolute atomic E-state index is 0.292. The molecule has 0 unspecified atom stereocenters. The lowest BCUT2D eigenvalue weighted by Gasteiger charge is -2.02. The summed E-state index contributed by atoms with van der Waals surface area (Å²) >= 11 is 1.65. The first-order chi connectivity index (χ1) is 7.74. The molecule has 0 fully saturated rings. The van der Waals surface area contributed by atoms with E-state index in [1.165, 1.54) is 0 Å². The van der Waals surface area contributed by atoms with Gasteiger partial charge in [-0.15, -0.1) is 11.8 Å².